The third-order valence-corrected chi connectivity index (χ3v) is 6.13. The predicted octanol–water partition coefficient (Wildman–Crippen LogP) is 2.65. The maximum atomic E-state index is 12.5. The van der Waals surface area contributed by atoms with Crippen molar-refractivity contribution < 1.29 is 14.0 Å². The molecule has 3 aliphatic rings. The molecule has 0 bridgehead atoms. The first-order valence-corrected chi connectivity index (χ1v) is 9.52. The fraction of sp³-hybridized carbons (Fsp3) is 0.684. The number of likely N-dealkylation sites (tertiary alicyclic amines) is 1. The Hall–Kier alpha value is -1.98. The van der Waals surface area contributed by atoms with E-state index in [0.29, 0.717) is 19.1 Å². The number of nitrogens with zero attached hydrogens (tertiary/aromatic N) is 1. The molecule has 25 heavy (non-hydrogen) atoms. The van der Waals surface area contributed by atoms with Crippen molar-refractivity contribution in [2.75, 3.05) is 13.1 Å². The molecule has 3 fully saturated rings. The molecule has 3 amide bonds. The number of carbonyl (C=O) groups excluding carboxylic acids is 2. The molecule has 4 rings (SSSR count). The molecule has 2 aliphatic carbocycles. The van der Waals surface area contributed by atoms with Crippen LogP contribution in [0.2, 0.25) is 0 Å². The molecule has 136 valence electrons. The van der Waals surface area contributed by atoms with Gasteiger partial charge in [-0.15, -0.1) is 0 Å². The second-order valence-corrected chi connectivity index (χ2v) is 7.87. The molecule has 2 saturated carbocycles. The summed E-state index contributed by atoms with van der Waals surface area (Å²) in [4.78, 5) is 26.8. The molecular weight excluding hydrogens is 318 g/mol. The molecule has 6 nitrogen and oxygen atoms in total. The first-order chi connectivity index (χ1) is 12.2. The Balaban J connectivity index is 1.24. The Bertz CT molecular complexity index is 624. The molecule has 1 aromatic rings. The molecule has 2 heterocycles. The number of urea groups is 1. The molecule has 0 unspecified atom stereocenters. The van der Waals surface area contributed by atoms with Crippen molar-refractivity contribution in [3.63, 3.8) is 0 Å². The Morgan fingerprint density at radius 1 is 1.28 bits per heavy atom. The first-order valence-electron chi connectivity index (χ1n) is 9.52. The monoisotopic (exact) mass is 345 g/mol. The molecular formula is C19H27N3O3. The maximum Gasteiger partial charge on any atom is 0.317 e. The van der Waals surface area contributed by atoms with E-state index in [2.05, 4.69) is 10.6 Å². The van der Waals surface area contributed by atoms with Gasteiger partial charge in [-0.25, -0.2) is 4.79 Å². The number of hydrogen-bond donors (Lipinski definition) is 2. The predicted molar refractivity (Wildman–Crippen MR) is 92.7 cm³/mol. The average molecular weight is 345 g/mol. The van der Waals surface area contributed by atoms with Crippen LogP contribution in [-0.2, 0) is 11.3 Å². The summed E-state index contributed by atoms with van der Waals surface area (Å²) in [5.74, 6) is 0.892. The van der Waals surface area contributed by atoms with E-state index < -0.39 is 0 Å². The van der Waals surface area contributed by atoms with Crippen LogP contribution in [0.5, 0.6) is 0 Å². The van der Waals surface area contributed by atoms with Crippen LogP contribution >= 0.6 is 0 Å². The summed E-state index contributed by atoms with van der Waals surface area (Å²) in [7, 11) is 0. The van der Waals surface area contributed by atoms with Gasteiger partial charge >= 0.3 is 6.03 Å². The summed E-state index contributed by atoms with van der Waals surface area (Å²) in [5, 5.41) is 6.14. The highest BCUT2D eigenvalue weighted by Gasteiger charge is 2.61. The summed E-state index contributed by atoms with van der Waals surface area (Å²) >= 11 is 0. The quantitative estimate of drug-likeness (QED) is 0.881. The normalized spacial score (nSPS) is 29.0. The second-order valence-electron chi connectivity index (χ2n) is 7.87. The van der Waals surface area contributed by atoms with E-state index in [1.807, 2.05) is 17.0 Å². The zero-order chi connectivity index (χ0) is 17.3. The van der Waals surface area contributed by atoms with Gasteiger partial charge in [0.1, 0.15) is 5.76 Å². The largest absolute Gasteiger partial charge is 0.467 e. The van der Waals surface area contributed by atoms with Crippen molar-refractivity contribution in [2.45, 2.75) is 57.5 Å². The third kappa shape index (κ3) is 3.53. The van der Waals surface area contributed by atoms with Crippen molar-refractivity contribution in [1.29, 1.82) is 0 Å². The number of carbonyl (C=O) groups is 2. The van der Waals surface area contributed by atoms with Gasteiger partial charge in [0.25, 0.3) is 0 Å². The zero-order valence-electron chi connectivity index (χ0n) is 14.6. The number of rotatable bonds is 4. The lowest BCUT2D eigenvalue weighted by atomic mass is 9.96. The van der Waals surface area contributed by atoms with Crippen LogP contribution in [0.1, 0.15) is 50.7 Å². The van der Waals surface area contributed by atoms with Gasteiger partial charge in [-0.1, -0.05) is 19.3 Å². The minimum absolute atomic E-state index is 0.0111. The Labute approximate surface area is 148 Å². The van der Waals surface area contributed by atoms with Crippen LogP contribution in [0.4, 0.5) is 4.79 Å². The van der Waals surface area contributed by atoms with Crippen molar-refractivity contribution >= 4 is 11.9 Å². The first kappa shape index (κ1) is 16.5. The van der Waals surface area contributed by atoms with Crippen molar-refractivity contribution in [2.24, 2.45) is 11.3 Å². The SMILES string of the molecule is O=C(NCc1ccco1)[C@@H]1C[C@@]12CCN(C(=O)NC1CCCCC1)C2. The zero-order valence-corrected chi connectivity index (χ0v) is 14.6. The summed E-state index contributed by atoms with van der Waals surface area (Å²) in [6.07, 6.45) is 9.35. The molecule has 2 atom stereocenters. The molecule has 0 aromatic carbocycles. The highest BCUT2D eigenvalue weighted by atomic mass is 16.3. The van der Waals surface area contributed by atoms with Crippen LogP contribution in [0.3, 0.4) is 0 Å². The van der Waals surface area contributed by atoms with Gasteiger partial charge in [0.05, 0.1) is 12.8 Å². The van der Waals surface area contributed by atoms with E-state index in [0.717, 1.165) is 38.0 Å². The van der Waals surface area contributed by atoms with E-state index in [9.17, 15) is 9.59 Å². The lowest BCUT2D eigenvalue weighted by molar-refractivity contribution is -0.123. The fourth-order valence-corrected chi connectivity index (χ4v) is 4.46. The van der Waals surface area contributed by atoms with Crippen molar-refractivity contribution in [3.8, 4) is 0 Å². The maximum absolute atomic E-state index is 12.5. The Kier molecular flexibility index (Phi) is 4.44. The van der Waals surface area contributed by atoms with Gasteiger partial charge in [-0.2, -0.15) is 0 Å². The summed E-state index contributed by atoms with van der Waals surface area (Å²) < 4.78 is 5.25. The van der Waals surface area contributed by atoms with Crippen LogP contribution in [0, 0.1) is 11.3 Å². The molecule has 1 spiro atoms. The minimum Gasteiger partial charge on any atom is -0.467 e. The highest BCUT2D eigenvalue weighted by molar-refractivity contribution is 5.83. The van der Waals surface area contributed by atoms with E-state index in [1.165, 1.54) is 19.3 Å². The lowest BCUT2D eigenvalue weighted by Gasteiger charge is -2.26. The summed E-state index contributed by atoms with van der Waals surface area (Å²) in [6, 6.07) is 4.07. The third-order valence-electron chi connectivity index (χ3n) is 6.13. The Morgan fingerprint density at radius 2 is 2.12 bits per heavy atom. The van der Waals surface area contributed by atoms with Crippen LogP contribution in [0.25, 0.3) is 0 Å². The molecule has 2 N–H and O–H groups in total. The average Bonchev–Trinajstić information content (AvgIpc) is 2.97. The molecule has 1 aromatic heterocycles. The summed E-state index contributed by atoms with van der Waals surface area (Å²) in [5.41, 5.74) is 0.0111. The van der Waals surface area contributed by atoms with E-state index in [4.69, 9.17) is 4.42 Å². The van der Waals surface area contributed by atoms with Crippen LogP contribution in [0.15, 0.2) is 22.8 Å². The van der Waals surface area contributed by atoms with Gasteiger partial charge in [0.2, 0.25) is 5.91 Å². The smallest absolute Gasteiger partial charge is 0.317 e. The van der Waals surface area contributed by atoms with Crippen LogP contribution < -0.4 is 10.6 Å². The number of amides is 3. The van der Waals surface area contributed by atoms with E-state index in [1.54, 1.807) is 6.26 Å². The van der Waals surface area contributed by atoms with Gasteiger partial charge in [-0.05, 0) is 37.8 Å². The molecule has 1 saturated heterocycles. The molecule has 0 radical (unpaired) electrons. The number of hydrogen-bond acceptors (Lipinski definition) is 3. The summed E-state index contributed by atoms with van der Waals surface area (Å²) in [6.45, 7) is 1.91. The van der Waals surface area contributed by atoms with Gasteiger partial charge in [0.15, 0.2) is 0 Å². The van der Waals surface area contributed by atoms with E-state index >= 15 is 0 Å². The number of nitrogens with one attached hydrogen (secondary N) is 2. The van der Waals surface area contributed by atoms with Crippen LogP contribution in [-0.4, -0.2) is 36.0 Å². The van der Waals surface area contributed by atoms with Crippen molar-refractivity contribution in [3.05, 3.63) is 24.2 Å². The minimum atomic E-state index is 0.0111. The highest BCUT2D eigenvalue weighted by Crippen LogP contribution is 2.58. The second kappa shape index (κ2) is 6.73. The molecule has 1 aliphatic heterocycles. The Morgan fingerprint density at radius 3 is 2.88 bits per heavy atom. The molecule has 6 heteroatoms. The topological polar surface area (TPSA) is 74.6 Å². The van der Waals surface area contributed by atoms with Crippen molar-refractivity contribution in [1.82, 2.24) is 15.5 Å². The van der Waals surface area contributed by atoms with Gasteiger partial charge in [0, 0.05) is 30.5 Å². The fourth-order valence-electron chi connectivity index (χ4n) is 4.46. The number of furan rings is 1. The van der Waals surface area contributed by atoms with E-state index in [-0.39, 0.29) is 23.3 Å². The van der Waals surface area contributed by atoms with Gasteiger partial charge in [-0.3, -0.25) is 4.79 Å². The van der Waals surface area contributed by atoms with Gasteiger partial charge < -0.3 is 20.0 Å². The standard InChI is InChI=1S/C19H27N3O3/c23-17(20-12-15-7-4-10-25-15)16-11-19(16)8-9-22(13-19)18(24)21-14-5-2-1-3-6-14/h4,7,10,14,16H,1-3,5-6,8-9,11-13H2,(H,20,23)(H,21,24)/t16-,19+/m0/s1. The lowest BCUT2D eigenvalue weighted by Crippen LogP contribution is -2.44.